The van der Waals surface area contributed by atoms with Crippen LogP contribution < -0.4 is 5.32 Å². The minimum absolute atomic E-state index is 0.216. The number of hydrogen-bond acceptors (Lipinski definition) is 3. The van der Waals surface area contributed by atoms with Crippen molar-refractivity contribution in [3.05, 3.63) is 58.2 Å². The van der Waals surface area contributed by atoms with Crippen LogP contribution in [0.3, 0.4) is 0 Å². The van der Waals surface area contributed by atoms with Crippen molar-refractivity contribution < 1.29 is 13.5 Å². The molecule has 0 bridgehead atoms. The third kappa shape index (κ3) is 5.07. The van der Waals surface area contributed by atoms with Crippen molar-refractivity contribution in [3.63, 3.8) is 0 Å². The lowest BCUT2D eigenvalue weighted by Gasteiger charge is -2.07. The number of benzene rings is 1. The Hall–Kier alpha value is -1.17. The van der Waals surface area contributed by atoms with Gasteiger partial charge in [-0.25, -0.2) is 4.39 Å². The number of nitrogens with one attached hydrogen (secondary N) is 1. The van der Waals surface area contributed by atoms with Crippen LogP contribution in [-0.2, 0) is 17.9 Å². The summed E-state index contributed by atoms with van der Waals surface area (Å²) in [4.78, 5) is 0. The van der Waals surface area contributed by atoms with Crippen molar-refractivity contribution in [2.45, 2.75) is 19.6 Å². The van der Waals surface area contributed by atoms with Crippen molar-refractivity contribution in [1.29, 1.82) is 0 Å². The van der Waals surface area contributed by atoms with Gasteiger partial charge in [0, 0.05) is 17.6 Å². The Balaban J connectivity index is 1.56. The maximum atomic E-state index is 13.1. The minimum atomic E-state index is -0.216. The van der Waals surface area contributed by atoms with Gasteiger partial charge in [0.15, 0.2) is 0 Å². The Bertz CT molecular complexity index is 517. The van der Waals surface area contributed by atoms with Crippen molar-refractivity contribution in [1.82, 2.24) is 5.32 Å². The van der Waals surface area contributed by atoms with Crippen LogP contribution in [0.25, 0.3) is 0 Å². The monoisotopic (exact) mass is 341 g/mol. The second-order valence-electron chi connectivity index (χ2n) is 4.40. The summed E-state index contributed by atoms with van der Waals surface area (Å²) in [5.74, 6) is 0.619. The molecule has 0 amide bonds. The zero-order chi connectivity index (χ0) is 14.2. The zero-order valence-corrected chi connectivity index (χ0v) is 12.7. The molecule has 1 N–H and O–H groups in total. The van der Waals surface area contributed by atoms with E-state index in [4.69, 9.17) is 9.15 Å². The molecule has 0 radical (unpaired) electrons. The van der Waals surface area contributed by atoms with E-state index in [0.717, 1.165) is 28.8 Å². The van der Waals surface area contributed by atoms with Crippen LogP contribution in [0.15, 0.2) is 45.5 Å². The highest BCUT2D eigenvalue weighted by atomic mass is 79.9. The highest BCUT2D eigenvalue weighted by molar-refractivity contribution is 9.10. The molecular weight excluding hydrogens is 325 g/mol. The topological polar surface area (TPSA) is 34.4 Å². The third-order valence-corrected chi connectivity index (χ3v) is 3.56. The van der Waals surface area contributed by atoms with E-state index in [-0.39, 0.29) is 5.82 Å². The lowest BCUT2D eigenvalue weighted by molar-refractivity contribution is 0.104. The van der Waals surface area contributed by atoms with Crippen LogP contribution in [0.4, 0.5) is 4.39 Å². The first-order valence-corrected chi connectivity index (χ1v) is 7.30. The fraction of sp³-hybridized carbons (Fsp3) is 0.333. The van der Waals surface area contributed by atoms with Crippen molar-refractivity contribution in [2.24, 2.45) is 0 Å². The fourth-order valence-corrected chi connectivity index (χ4v) is 2.16. The summed E-state index contributed by atoms with van der Waals surface area (Å²) in [5.41, 5.74) is 0.918. The summed E-state index contributed by atoms with van der Waals surface area (Å²) < 4.78 is 24.6. The number of halogens is 2. The molecule has 108 valence electrons. The highest BCUT2D eigenvalue weighted by Gasteiger charge is 2.01. The molecule has 0 saturated carbocycles. The zero-order valence-electron chi connectivity index (χ0n) is 11.1. The number of furan rings is 1. The molecule has 1 aromatic heterocycles. The minimum Gasteiger partial charge on any atom is -0.467 e. The standard InChI is InChI=1S/C15H17BrFNO2/c16-15-5-4-13(17)9-12(15)10-18-6-2-7-19-11-14-3-1-8-20-14/h1,3-5,8-9,18H,2,6-7,10-11H2. The van der Waals surface area contributed by atoms with Gasteiger partial charge in [0.1, 0.15) is 18.2 Å². The van der Waals surface area contributed by atoms with Gasteiger partial charge in [-0.2, -0.15) is 0 Å². The van der Waals surface area contributed by atoms with Crippen molar-refractivity contribution in [3.8, 4) is 0 Å². The first-order chi connectivity index (χ1) is 9.75. The Labute approximate surface area is 126 Å². The molecule has 5 heteroatoms. The molecule has 3 nitrogen and oxygen atoms in total. The first kappa shape index (κ1) is 15.2. The first-order valence-electron chi connectivity index (χ1n) is 6.50. The van der Waals surface area contributed by atoms with Gasteiger partial charge in [-0.3, -0.25) is 0 Å². The van der Waals surface area contributed by atoms with Crippen LogP contribution in [0.5, 0.6) is 0 Å². The summed E-state index contributed by atoms with van der Waals surface area (Å²) in [7, 11) is 0. The van der Waals surface area contributed by atoms with Gasteiger partial charge >= 0.3 is 0 Å². The Kier molecular flexibility index (Phi) is 6.24. The maximum absolute atomic E-state index is 13.1. The molecule has 0 aliphatic carbocycles. The SMILES string of the molecule is Fc1ccc(Br)c(CNCCCOCc2ccco2)c1. The second-order valence-corrected chi connectivity index (χ2v) is 5.25. The van der Waals surface area contributed by atoms with Gasteiger partial charge in [-0.1, -0.05) is 15.9 Å². The quantitative estimate of drug-likeness (QED) is 0.740. The largest absolute Gasteiger partial charge is 0.467 e. The van der Waals surface area contributed by atoms with Crippen LogP contribution in [0.2, 0.25) is 0 Å². The molecule has 1 heterocycles. The Morgan fingerprint density at radius 1 is 1.30 bits per heavy atom. The van der Waals surface area contributed by atoms with E-state index in [1.807, 2.05) is 12.1 Å². The molecule has 0 unspecified atom stereocenters. The third-order valence-electron chi connectivity index (χ3n) is 2.79. The molecule has 0 saturated heterocycles. The smallest absolute Gasteiger partial charge is 0.129 e. The number of ether oxygens (including phenoxy) is 1. The van der Waals surface area contributed by atoms with Gasteiger partial charge in [-0.05, 0) is 48.9 Å². The average Bonchev–Trinajstić information content (AvgIpc) is 2.94. The van der Waals surface area contributed by atoms with Gasteiger partial charge in [0.05, 0.1) is 6.26 Å². The molecule has 20 heavy (non-hydrogen) atoms. The predicted octanol–water partition coefficient (Wildman–Crippen LogP) is 3.88. The number of rotatable bonds is 8. The summed E-state index contributed by atoms with van der Waals surface area (Å²) in [5, 5.41) is 3.26. The van der Waals surface area contributed by atoms with Crippen LogP contribution >= 0.6 is 15.9 Å². The van der Waals surface area contributed by atoms with Gasteiger partial charge < -0.3 is 14.5 Å². The van der Waals surface area contributed by atoms with Gasteiger partial charge in [0.25, 0.3) is 0 Å². The molecular formula is C15H17BrFNO2. The van der Waals surface area contributed by atoms with E-state index in [9.17, 15) is 4.39 Å². The molecule has 0 aliphatic heterocycles. The molecule has 0 atom stereocenters. The molecule has 0 spiro atoms. The van der Waals surface area contributed by atoms with E-state index >= 15 is 0 Å². The van der Waals surface area contributed by atoms with Gasteiger partial charge in [-0.15, -0.1) is 0 Å². The van der Waals surface area contributed by atoms with E-state index in [0.29, 0.717) is 19.8 Å². The van der Waals surface area contributed by atoms with Crippen LogP contribution in [-0.4, -0.2) is 13.2 Å². The maximum Gasteiger partial charge on any atom is 0.129 e. The predicted molar refractivity (Wildman–Crippen MR) is 78.8 cm³/mol. The molecule has 2 rings (SSSR count). The lowest BCUT2D eigenvalue weighted by Crippen LogP contribution is -2.16. The fourth-order valence-electron chi connectivity index (χ4n) is 1.77. The number of hydrogen-bond donors (Lipinski definition) is 1. The van der Waals surface area contributed by atoms with Crippen molar-refractivity contribution in [2.75, 3.05) is 13.2 Å². The summed E-state index contributed by atoms with van der Waals surface area (Å²) >= 11 is 3.40. The van der Waals surface area contributed by atoms with Gasteiger partial charge in [0.2, 0.25) is 0 Å². The molecule has 0 fully saturated rings. The molecule has 1 aromatic carbocycles. The molecule has 2 aromatic rings. The average molecular weight is 342 g/mol. The summed E-state index contributed by atoms with van der Waals surface area (Å²) in [6.45, 7) is 2.62. The Morgan fingerprint density at radius 3 is 3.00 bits per heavy atom. The van der Waals surface area contributed by atoms with E-state index in [1.54, 1.807) is 12.3 Å². The molecule has 0 aliphatic rings. The van der Waals surface area contributed by atoms with Crippen LogP contribution in [0.1, 0.15) is 17.7 Å². The van der Waals surface area contributed by atoms with Crippen LogP contribution in [0, 0.1) is 5.82 Å². The Morgan fingerprint density at radius 2 is 2.20 bits per heavy atom. The highest BCUT2D eigenvalue weighted by Crippen LogP contribution is 2.17. The van der Waals surface area contributed by atoms with E-state index < -0.39 is 0 Å². The second kappa shape index (κ2) is 8.19. The van der Waals surface area contributed by atoms with E-state index in [2.05, 4.69) is 21.2 Å². The normalized spacial score (nSPS) is 10.9. The van der Waals surface area contributed by atoms with Crippen molar-refractivity contribution >= 4 is 15.9 Å². The lowest BCUT2D eigenvalue weighted by atomic mass is 10.2. The van der Waals surface area contributed by atoms with E-state index in [1.165, 1.54) is 12.1 Å². The summed E-state index contributed by atoms with van der Waals surface area (Å²) in [6, 6.07) is 8.43. The summed E-state index contributed by atoms with van der Waals surface area (Å²) in [6.07, 6.45) is 2.53.